The van der Waals surface area contributed by atoms with Gasteiger partial charge in [-0.05, 0) is 30.3 Å². The largest absolute Gasteiger partial charge is 0.504 e. The molecule has 1 amide bonds. The number of furan rings is 1. The molecule has 0 atom stereocenters. The number of para-hydroxylation sites is 1. The van der Waals surface area contributed by atoms with Crippen LogP contribution in [0.4, 0.5) is 5.69 Å². The van der Waals surface area contributed by atoms with Crippen LogP contribution in [-0.2, 0) is 0 Å². The summed E-state index contributed by atoms with van der Waals surface area (Å²) in [5.74, 6) is -0.231. The third-order valence-electron chi connectivity index (χ3n) is 3.68. The molecule has 4 rings (SSSR count). The number of anilines is 1. The van der Waals surface area contributed by atoms with Crippen LogP contribution in [-0.4, -0.2) is 16.0 Å². The van der Waals surface area contributed by atoms with Crippen LogP contribution >= 0.6 is 0 Å². The van der Waals surface area contributed by atoms with Crippen LogP contribution in [0.2, 0.25) is 0 Å². The van der Waals surface area contributed by atoms with Crippen molar-refractivity contribution in [3.05, 3.63) is 66.5 Å². The average molecular weight is 304 g/mol. The fraction of sp³-hybridized carbons (Fsp3) is 0. The number of phenolic OH excluding ortho intramolecular Hbond substituents is 1. The van der Waals surface area contributed by atoms with Crippen molar-refractivity contribution < 1.29 is 14.3 Å². The second kappa shape index (κ2) is 5.14. The molecule has 0 saturated carbocycles. The summed E-state index contributed by atoms with van der Waals surface area (Å²) in [4.78, 5) is 16.3. The standard InChI is InChI=1S/C18H12N2O3/c21-14-8-7-13(20-18(22)11-4-3-9-19-10-11)16-12-5-1-2-6-15(12)23-17(14)16/h1-10,21H,(H,20,22). The van der Waals surface area contributed by atoms with E-state index in [0.29, 0.717) is 27.8 Å². The molecule has 4 aromatic rings. The number of aromatic nitrogens is 1. The first-order chi connectivity index (χ1) is 11.2. The molecule has 2 N–H and O–H groups in total. The van der Waals surface area contributed by atoms with Gasteiger partial charge in [-0.25, -0.2) is 0 Å². The highest BCUT2D eigenvalue weighted by Gasteiger charge is 2.16. The number of hydrogen-bond donors (Lipinski definition) is 2. The van der Waals surface area contributed by atoms with Gasteiger partial charge >= 0.3 is 0 Å². The number of nitrogens with zero attached hydrogens (tertiary/aromatic N) is 1. The molecule has 0 aliphatic carbocycles. The van der Waals surface area contributed by atoms with E-state index < -0.39 is 0 Å². The summed E-state index contributed by atoms with van der Waals surface area (Å²) in [7, 11) is 0. The Bertz CT molecular complexity index is 1020. The molecule has 0 aliphatic rings. The zero-order chi connectivity index (χ0) is 15.8. The average Bonchev–Trinajstić information content (AvgIpc) is 2.99. The Hall–Kier alpha value is -3.34. The van der Waals surface area contributed by atoms with E-state index in [4.69, 9.17) is 4.42 Å². The number of aromatic hydroxyl groups is 1. The number of rotatable bonds is 2. The lowest BCUT2D eigenvalue weighted by atomic mass is 10.1. The molecule has 0 radical (unpaired) electrons. The van der Waals surface area contributed by atoms with Gasteiger partial charge < -0.3 is 14.8 Å². The SMILES string of the molecule is O=C(Nc1ccc(O)c2oc3ccccc3c12)c1cccnc1. The molecular formula is C18H12N2O3. The van der Waals surface area contributed by atoms with Gasteiger partial charge in [0.1, 0.15) is 5.58 Å². The van der Waals surface area contributed by atoms with Crippen LogP contribution in [0.25, 0.3) is 21.9 Å². The third kappa shape index (κ3) is 2.19. The number of hydrogen-bond acceptors (Lipinski definition) is 4. The fourth-order valence-corrected chi connectivity index (χ4v) is 2.61. The summed E-state index contributed by atoms with van der Waals surface area (Å²) in [6, 6.07) is 14.0. The zero-order valence-corrected chi connectivity index (χ0v) is 12.0. The Kier molecular flexibility index (Phi) is 2.98. The molecule has 0 bridgehead atoms. The maximum atomic E-state index is 12.4. The Morgan fingerprint density at radius 3 is 2.78 bits per heavy atom. The first-order valence-corrected chi connectivity index (χ1v) is 7.08. The Labute approximate surface area is 131 Å². The van der Waals surface area contributed by atoms with Crippen LogP contribution in [0.3, 0.4) is 0 Å². The van der Waals surface area contributed by atoms with Crippen molar-refractivity contribution in [2.24, 2.45) is 0 Å². The van der Waals surface area contributed by atoms with E-state index in [0.717, 1.165) is 5.39 Å². The van der Waals surface area contributed by atoms with Crippen molar-refractivity contribution >= 4 is 33.5 Å². The van der Waals surface area contributed by atoms with Crippen LogP contribution < -0.4 is 5.32 Å². The molecule has 2 aromatic heterocycles. The van der Waals surface area contributed by atoms with Crippen LogP contribution in [0.5, 0.6) is 5.75 Å². The molecule has 23 heavy (non-hydrogen) atoms. The fourth-order valence-electron chi connectivity index (χ4n) is 2.61. The second-order valence-corrected chi connectivity index (χ2v) is 5.13. The Morgan fingerprint density at radius 1 is 1.09 bits per heavy atom. The first kappa shape index (κ1) is 13.3. The van der Waals surface area contributed by atoms with Gasteiger partial charge in [0, 0.05) is 17.8 Å². The highest BCUT2D eigenvalue weighted by atomic mass is 16.4. The van der Waals surface area contributed by atoms with Crippen molar-refractivity contribution in [1.29, 1.82) is 0 Å². The molecule has 0 fully saturated rings. The van der Waals surface area contributed by atoms with Crippen molar-refractivity contribution in [1.82, 2.24) is 4.98 Å². The van der Waals surface area contributed by atoms with Gasteiger partial charge in [-0.1, -0.05) is 18.2 Å². The quantitative estimate of drug-likeness (QED) is 0.550. The minimum Gasteiger partial charge on any atom is -0.504 e. The molecule has 2 heterocycles. The van der Waals surface area contributed by atoms with Gasteiger partial charge in [-0.15, -0.1) is 0 Å². The number of pyridine rings is 1. The maximum absolute atomic E-state index is 12.4. The highest BCUT2D eigenvalue weighted by Crippen LogP contribution is 2.38. The molecule has 112 valence electrons. The van der Waals surface area contributed by atoms with Gasteiger partial charge in [-0.2, -0.15) is 0 Å². The lowest BCUT2D eigenvalue weighted by Crippen LogP contribution is -2.12. The normalized spacial score (nSPS) is 11.0. The summed E-state index contributed by atoms with van der Waals surface area (Å²) in [5, 5.41) is 14.4. The van der Waals surface area contributed by atoms with Crippen molar-refractivity contribution in [2.45, 2.75) is 0 Å². The first-order valence-electron chi connectivity index (χ1n) is 7.08. The van der Waals surface area contributed by atoms with Gasteiger partial charge in [0.25, 0.3) is 5.91 Å². The van der Waals surface area contributed by atoms with E-state index in [1.807, 2.05) is 24.3 Å². The number of nitrogens with one attached hydrogen (secondary N) is 1. The number of amides is 1. The summed E-state index contributed by atoms with van der Waals surface area (Å²) < 4.78 is 5.70. The van der Waals surface area contributed by atoms with Crippen LogP contribution in [0, 0.1) is 0 Å². The van der Waals surface area contributed by atoms with Crippen molar-refractivity contribution in [2.75, 3.05) is 5.32 Å². The van der Waals surface area contributed by atoms with Crippen molar-refractivity contribution in [3.63, 3.8) is 0 Å². The molecule has 0 unspecified atom stereocenters. The highest BCUT2D eigenvalue weighted by molar-refractivity contribution is 6.17. The van der Waals surface area contributed by atoms with Gasteiger partial charge in [0.15, 0.2) is 11.3 Å². The van der Waals surface area contributed by atoms with Gasteiger partial charge in [-0.3, -0.25) is 9.78 Å². The summed E-state index contributed by atoms with van der Waals surface area (Å²) in [6.45, 7) is 0. The minimum absolute atomic E-state index is 0.0376. The van der Waals surface area contributed by atoms with E-state index in [1.165, 1.54) is 12.3 Å². The molecular weight excluding hydrogens is 292 g/mol. The smallest absolute Gasteiger partial charge is 0.257 e. The van der Waals surface area contributed by atoms with E-state index >= 15 is 0 Å². The van der Waals surface area contributed by atoms with Gasteiger partial charge in [0.05, 0.1) is 16.6 Å². The third-order valence-corrected chi connectivity index (χ3v) is 3.68. The molecule has 5 nitrogen and oxygen atoms in total. The number of fused-ring (bicyclic) bond motifs is 3. The van der Waals surface area contributed by atoms with Crippen LogP contribution in [0.15, 0.2) is 65.3 Å². The monoisotopic (exact) mass is 304 g/mol. The van der Waals surface area contributed by atoms with E-state index in [-0.39, 0.29) is 11.7 Å². The maximum Gasteiger partial charge on any atom is 0.257 e. The Balaban J connectivity index is 1.87. The lowest BCUT2D eigenvalue weighted by molar-refractivity contribution is 0.102. The topological polar surface area (TPSA) is 75.4 Å². The molecule has 5 heteroatoms. The molecule has 2 aromatic carbocycles. The number of carbonyl (C=O) groups excluding carboxylic acids is 1. The van der Waals surface area contributed by atoms with Crippen LogP contribution in [0.1, 0.15) is 10.4 Å². The lowest BCUT2D eigenvalue weighted by Gasteiger charge is -2.07. The predicted octanol–water partition coefficient (Wildman–Crippen LogP) is 3.94. The summed E-state index contributed by atoms with van der Waals surface area (Å²) in [5.41, 5.74) is 2.05. The summed E-state index contributed by atoms with van der Waals surface area (Å²) >= 11 is 0. The minimum atomic E-state index is -0.268. The Morgan fingerprint density at radius 2 is 1.96 bits per heavy atom. The zero-order valence-electron chi connectivity index (χ0n) is 12.0. The molecule has 0 aliphatic heterocycles. The van der Waals surface area contributed by atoms with Crippen molar-refractivity contribution in [3.8, 4) is 5.75 Å². The molecule has 0 spiro atoms. The number of carbonyl (C=O) groups is 1. The number of benzene rings is 2. The van der Waals surface area contributed by atoms with E-state index in [2.05, 4.69) is 10.3 Å². The van der Waals surface area contributed by atoms with Gasteiger partial charge in [0.2, 0.25) is 0 Å². The number of phenols is 1. The second-order valence-electron chi connectivity index (χ2n) is 5.13. The molecule has 0 saturated heterocycles. The predicted molar refractivity (Wildman–Crippen MR) is 87.6 cm³/mol. The van der Waals surface area contributed by atoms with E-state index in [9.17, 15) is 9.90 Å². The van der Waals surface area contributed by atoms with E-state index in [1.54, 1.807) is 24.4 Å². The summed E-state index contributed by atoms with van der Waals surface area (Å²) in [6.07, 6.45) is 3.11.